The number of nitro groups is 1. The van der Waals surface area contributed by atoms with Crippen LogP contribution in [0.3, 0.4) is 0 Å². The van der Waals surface area contributed by atoms with Gasteiger partial charge in [-0.15, -0.1) is 0 Å². The lowest BCUT2D eigenvalue weighted by atomic mass is 10.2. The SMILES string of the molecule is CN(Cc1ccccc1)N=Cc1ccc([N+](=O)[O-])o1. The van der Waals surface area contributed by atoms with Gasteiger partial charge in [-0.05, 0) is 11.6 Å². The Morgan fingerprint density at radius 1 is 1.32 bits per heavy atom. The summed E-state index contributed by atoms with van der Waals surface area (Å²) in [4.78, 5) is 9.87. The summed E-state index contributed by atoms with van der Waals surface area (Å²) in [7, 11) is 1.82. The number of rotatable bonds is 5. The third-order valence-electron chi connectivity index (χ3n) is 2.43. The van der Waals surface area contributed by atoms with Crippen molar-refractivity contribution in [1.82, 2.24) is 5.01 Å². The van der Waals surface area contributed by atoms with E-state index in [0.29, 0.717) is 12.3 Å². The van der Waals surface area contributed by atoms with Crippen molar-refractivity contribution < 1.29 is 9.34 Å². The summed E-state index contributed by atoms with van der Waals surface area (Å²) in [5.41, 5.74) is 1.13. The molecule has 0 atom stereocenters. The molecule has 2 rings (SSSR count). The van der Waals surface area contributed by atoms with Gasteiger partial charge in [0.05, 0.1) is 18.8 Å². The maximum absolute atomic E-state index is 10.5. The van der Waals surface area contributed by atoms with Gasteiger partial charge >= 0.3 is 5.88 Å². The van der Waals surface area contributed by atoms with E-state index in [4.69, 9.17) is 4.42 Å². The third-order valence-corrected chi connectivity index (χ3v) is 2.43. The molecule has 0 aliphatic heterocycles. The van der Waals surface area contributed by atoms with Gasteiger partial charge in [-0.1, -0.05) is 30.3 Å². The molecule has 0 N–H and O–H groups in total. The van der Waals surface area contributed by atoms with Gasteiger partial charge in [0.2, 0.25) is 0 Å². The molecule has 0 saturated heterocycles. The van der Waals surface area contributed by atoms with Crippen molar-refractivity contribution in [3.8, 4) is 0 Å². The molecule has 0 amide bonds. The molecule has 19 heavy (non-hydrogen) atoms. The Bertz CT molecular complexity index is 578. The summed E-state index contributed by atoms with van der Waals surface area (Å²) in [5, 5.41) is 16.3. The minimum atomic E-state index is -0.578. The van der Waals surface area contributed by atoms with Gasteiger partial charge in [0.25, 0.3) is 0 Å². The molecule has 0 aliphatic carbocycles. The van der Waals surface area contributed by atoms with Crippen molar-refractivity contribution in [2.24, 2.45) is 5.10 Å². The van der Waals surface area contributed by atoms with E-state index < -0.39 is 4.92 Å². The number of hydrogen-bond donors (Lipinski definition) is 0. The Labute approximate surface area is 110 Å². The second kappa shape index (κ2) is 5.81. The number of hydrazone groups is 1. The minimum Gasteiger partial charge on any atom is -0.400 e. The summed E-state index contributed by atoms with van der Waals surface area (Å²) in [5.74, 6) is 0.0683. The van der Waals surface area contributed by atoms with E-state index in [9.17, 15) is 10.1 Å². The third kappa shape index (κ3) is 3.67. The summed E-state index contributed by atoms with van der Waals surface area (Å²) in [6.45, 7) is 0.653. The zero-order valence-electron chi connectivity index (χ0n) is 10.4. The largest absolute Gasteiger partial charge is 0.433 e. The lowest BCUT2D eigenvalue weighted by Crippen LogP contribution is -2.10. The van der Waals surface area contributed by atoms with Crippen LogP contribution in [-0.4, -0.2) is 23.2 Å². The number of nitrogens with zero attached hydrogens (tertiary/aromatic N) is 3. The topological polar surface area (TPSA) is 71.9 Å². The Hall–Kier alpha value is -2.63. The number of hydrogen-bond acceptors (Lipinski definition) is 5. The van der Waals surface area contributed by atoms with Crippen molar-refractivity contribution in [3.63, 3.8) is 0 Å². The molecule has 0 spiro atoms. The molecule has 1 aromatic heterocycles. The predicted molar refractivity (Wildman–Crippen MR) is 70.9 cm³/mol. The average molecular weight is 259 g/mol. The molecule has 0 bridgehead atoms. The second-order valence-electron chi connectivity index (χ2n) is 3.98. The van der Waals surface area contributed by atoms with Crippen LogP contribution in [0.4, 0.5) is 5.88 Å². The van der Waals surface area contributed by atoms with E-state index in [1.165, 1.54) is 18.3 Å². The molecular formula is C13H13N3O3. The maximum Gasteiger partial charge on any atom is 0.433 e. The first-order valence-corrected chi connectivity index (χ1v) is 5.68. The lowest BCUT2D eigenvalue weighted by Gasteiger charge is -2.11. The maximum atomic E-state index is 10.5. The van der Waals surface area contributed by atoms with Gasteiger partial charge in [0, 0.05) is 7.05 Å². The molecule has 0 aliphatic rings. The fourth-order valence-electron chi connectivity index (χ4n) is 1.55. The summed E-state index contributed by atoms with van der Waals surface area (Å²) < 4.78 is 4.97. The highest BCUT2D eigenvalue weighted by Crippen LogP contribution is 2.14. The average Bonchev–Trinajstić information content (AvgIpc) is 2.86. The summed E-state index contributed by atoms with van der Waals surface area (Å²) >= 11 is 0. The first kappa shape index (κ1) is 12.8. The van der Waals surface area contributed by atoms with Crippen molar-refractivity contribution in [2.75, 3.05) is 7.05 Å². The first-order valence-electron chi connectivity index (χ1n) is 5.68. The highest BCUT2D eigenvalue weighted by molar-refractivity contribution is 5.75. The van der Waals surface area contributed by atoms with Crippen molar-refractivity contribution >= 4 is 12.1 Å². The van der Waals surface area contributed by atoms with Crippen molar-refractivity contribution in [1.29, 1.82) is 0 Å². The molecule has 98 valence electrons. The van der Waals surface area contributed by atoms with Crippen LogP contribution in [-0.2, 0) is 6.54 Å². The van der Waals surface area contributed by atoms with Crippen molar-refractivity contribution in [2.45, 2.75) is 6.54 Å². The fraction of sp³-hybridized carbons (Fsp3) is 0.154. The van der Waals surface area contributed by atoms with E-state index in [1.54, 1.807) is 5.01 Å². The molecule has 0 unspecified atom stereocenters. The standard InChI is InChI=1S/C13H13N3O3/c1-15(10-11-5-3-2-4-6-11)14-9-12-7-8-13(19-12)16(17)18/h2-9H,10H2,1H3. The fourth-order valence-corrected chi connectivity index (χ4v) is 1.55. The molecule has 6 nitrogen and oxygen atoms in total. The van der Waals surface area contributed by atoms with Crippen LogP contribution in [0.15, 0.2) is 52.0 Å². The highest BCUT2D eigenvalue weighted by Gasteiger charge is 2.10. The van der Waals surface area contributed by atoms with Crippen LogP contribution in [0, 0.1) is 10.1 Å². The first-order chi connectivity index (χ1) is 9.15. The number of furan rings is 1. The zero-order chi connectivity index (χ0) is 13.7. The van der Waals surface area contributed by atoms with Crippen LogP contribution >= 0.6 is 0 Å². The van der Waals surface area contributed by atoms with Gasteiger partial charge in [-0.2, -0.15) is 5.10 Å². The van der Waals surface area contributed by atoms with Crippen LogP contribution < -0.4 is 0 Å². The Morgan fingerprint density at radius 2 is 2.05 bits per heavy atom. The van der Waals surface area contributed by atoms with Gasteiger partial charge in [-0.3, -0.25) is 15.1 Å². The van der Waals surface area contributed by atoms with Gasteiger partial charge < -0.3 is 4.42 Å². The van der Waals surface area contributed by atoms with E-state index in [1.807, 2.05) is 37.4 Å². The molecule has 6 heteroatoms. The van der Waals surface area contributed by atoms with Gasteiger partial charge in [0.1, 0.15) is 4.92 Å². The Balaban J connectivity index is 1.96. The van der Waals surface area contributed by atoms with Crippen LogP contribution in [0.2, 0.25) is 0 Å². The van der Waals surface area contributed by atoms with E-state index in [0.717, 1.165) is 5.56 Å². The molecule has 0 fully saturated rings. The minimum absolute atomic E-state index is 0.285. The zero-order valence-corrected chi connectivity index (χ0v) is 10.4. The molecular weight excluding hydrogens is 246 g/mol. The van der Waals surface area contributed by atoms with E-state index in [2.05, 4.69) is 5.10 Å². The van der Waals surface area contributed by atoms with E-state index >= 15 is 0 Å². The molecule has 0 saturated carbocycles. The Morgan fingerprint density at radius 3 is 2.68 bits per heavy atom. The number of benzene rings is 1. The second-order valence-corrected chi connectivity index (χ2v) is 3.98. The monoisotopic (exact) mass is 259 g/mol. The normalized spacial score (nSPS) is 10.8. The molecule has 1 heterocycles. The summed E-state index contributed by atoms with van der Waals surface area (Å²) in [6, 6.07) is 12.7. The van der Waals surface area contributed by atoms with Crippen LogP contribution in [0.25, 0.3) is 0 Å². The molecule has 1 aromatic carbocycles. The predicted octanol–water partition coefficient (Wildman–Crippen LogP) is 2.65. The smallest absolute Gasteiger partial charge is 0.400 e. The van der Waals surface area contributed by atoms with Crippen molar-refractivity contribution in [3.05, 3.63) is 63.9 Å². The highest BCUT2D eigenvalue weighted by atomic mass is 16.6. The van der Waals surface area contributed by atoms with Crippen LogP contribution in [0.1, 0.15) is 11.3 Å². The summed E-state index contributed by atoms with van der Waals surface area (Å²) in [6.07, 6.45) is 1.45. The molecule has 0 radical (unpaired) electrons. The van der Waals surface area contributed by atoms with E-state index in [-0.39, 0.29) is 5.88 Å². The quantitative estimate of drug-likeness (QED) is 0.470. The van der Waals surface area contributed by atoms with Gasteiger partial charge in [-0.25, -0.2) is 0 Å². The van der Waals surface area contributed by atoms with Crippen LogP contribution in [0.5, 0.6) is 0 Å². The Kier molecular flexibility index (Phi) is 3.92. The van der Waals surface area contributed by atoms with Gasteiger partial charge in [0.15, 0.2) is 5.76 Å². The molecule has 2 aromatic rings. The lowest BCUT2D eigenvalue weighted by molar-refractivity contribution is -0.402.